The number of carbonyl (C=O) groups is 1. The molecule has 47 heavy (non-hydrogen) atoms. The summed E-state index contributed by atoms with van der Waals surface area (Å²) in [6, 6.07) is 12.8. The summed E-state index contributed by atoms with van der Waals surface area (Å²) in [5.74, 6) is 0.715. The van der Waals surface area contributed by atoms with Crippen LogP contribution in [0.15, 0.2) is 42.6 Å². The monoisotopic (exact) mass is 641 g/mol. The number of piperazine rings is 1. The van der Waals surface area contributed by atoms with Crippen molar-refractivity contribution >= 4 is 28.9 Å². The number of primary amides is 1. The number of piperidine rings is 1. The van der Waals surface area contributed by atoms with E-state index in [0.717, 1.165) is 70.8 Å². The second-order valence-corrected chi connectivity index (χ2v) is 13.6. The summed E-state index contributed by atoms with van der Waals surface area (Å²) in [6.45, 7) is 8.38. The predicted octanol–water partition coefficient (Wildman–Crippen LogP) is 3.98. The molecule has 4 N–H and O–H groups in total. The first-order valence-corrected chi connectivity index (χ1v) is 17.0. The van der Waals surface area contributed by atoms with Gasteiger partial charge in [-0.2, -0.15) is 0 Å². The summed E-state index contributed by atoms with van der Waals surface area (Å²) in [6.07, 6.45) is 8.26. The normalized spacial score (nSPS) is 20.9. The molecule has 5 heterocycles. The van der Waals surface area contributed by atoms with Crippen LogP contribution in [0.1, 0.15) is 49.0 Å². The molecule has 12 heteroatoms. The molecule has 0 unspecified atom stereocenters. The Balaban J connectivity index is 1.09. The van der Waals surface area contributed by atoms with Gasteiger partial charge in [0.1, 0.15) is 17.1 Å². The van der Waals surface area contributed by atoms with Gasteiger partial charge in [-0.25, -0.2) is 9.97 Å². The molecule has 4 aliphatic rings. The highest BCUT2D eigenvalue weighted by atomic mass is 16.5. The van der Waals surface area contributed by atoms with Gasteiger partial charge in [0.15, 0.2) is 17.3 Å². The summed E-state index contributed by atoms with van der Waals surface area (Å²) >= 11 is 0. The molecule has 3 aromatic rings. The molecule has 0 radical (unpaired) electrons. The number of benzene rings is 1. The number of carbonyl (C=O) groups excluding carboxylic acids is 1. The highest BCUT2D eigenvalue weighted by Crippen LogP contribution is 2.50. The van der Waals surface area contributed by atoms with Crippen LogP contribution < -0.4 is 26.0 Å². The number of ether oxygens (including phenoxy) is 2. The van der Waals surface area contributed by atoms with Crippen LogP contribution in [0.3, 0.4) is 0 Å². The van der Waals surface area contributed by atoms with Crippen LogP contribution in [0.5, 0.6) is 5.75 Å². The molecule has 0 bridgehead atoms. The zero-order chi connectivity index (χ0) is 32.4. The van der Waals surface area contributed by atoms with Gasteiger partial charge >= 0.3 is 0 Å². The number of nitrogens with one attached hydrogen (secondary N) is 2. The van der Waals surface area contributed by atoms with Gasteiger partial charge in [-0.1, -0.05) is 0 Å². The van der Waals surface area contributed by atoms with Gasteiger partial charge < -0.3 is 35.6 Å². The van der Waals surface area contributed by atoms with Gasteiger partial charge in [-0.05, 0) is 87.4 Å². The van der Waals surface area contributed by atoms with E-state index in [1.165, 1.54) is 31.6 Å². The lowest BCUT2D eigenvalue weighted by molar-refractivity contribution is -0.0342. The van der Waals surface area contributed by atoms with Crippen molar-refractivity contribution in [1.82, 2.24) is 24.8 Å². The minimum Gasteiger partial charge on any atom is -0.494 e. The van der Waals surface area contributed by atoms with Crippen molar-refractivity contribution < 1.29 is 14.3 Å². The lowest BCUT2D eigenvalue weighted by Gasteiger charge is -2.50. The van der Waals surface area contributed by atoms with E-state index in [-0.39, 0.29) is 11.7 Å². The molecule has 7 rings (SSSR count). The fraction of sp³-hybridized carbons (Fsp3) is 0.543. The van der Waals surface area contributed by atoms with Crippen molar-refractivity contribution in [2.24, 2.45) is 11.1 Å². The van der Waals surface area contributed by atoms with E-state index in [0.29, 0.717) is 40.2 Å². The third-order valence-corrected chi connectivity index (χ3v) is 10.6. The number of amides is 1. The number of likely N-dealkylation sites (N-methyl/N-ethyl adjacent to an activating group) is 1. The maximum absolute atomic E-state index is 12.8. The first-order valence-electron chi connectivity index (χ1n) is 17.0. The number of nitrogens with zero attached hydrogens (tertiary/aromatic N) is 6. The van der Waals surface area contributed by atoms with E-state index in [4.69, 9.17) is 25.2 Å². The number of methoxy groups -OCH3 is 1. The van der Waals surface area contributed by atoms with Gasteiger partial charge in [0.05, 0.1) is 7.11 Å². The van der Waals surface area contributed by atoms with Gasteiger partial charge in [-0.3, -0.25) is 14.7 Å². The summed E-state index contributed by atoms with van der Waals surface area (Å²) in [7, 11) is 3.80. The average molecular weight is 642 g/mol. The minimum atomic E-state index is -0.674. The standard InChI is InChI=1S/C35H47N9O3/c1-42-16-18-44(19-17-42)27-9-14-43(15-10-27)26-7-5-24(6-8-26)38-34-31(32(36)45)40-30(29-28(46-2)4-3-13-37-29)33(41-34)39-25-22-35(23-25)11-20-47-21-12-35/h3-8,13,25,27H,9-12,14-23H2,1-2H3,(H2,36,45)(H2,38,39,41). The Labute approximate surface area is 277 Å². The molecule has 0 atom stereocenters. The SMILES string of the molecule is COc1cccnc1-c1nc(C(N)=O)c(Nc2ccc(N3CCC(N4CCN(C)CC4)CC3)cc2)nc1NC1CC2(CCOCC2)C1. The highest BCUT2D eigenvalue weighted by molar-refractivity contribution is 5.97. The Hall–Kier alpha value is -4.00. The van der Waals surface area contributed by atoms with Gasteiger partial charge in [0.2, 0.25) is 0 Å². The molecule has 12 nitrogen and oxygen atoms in total. The van der Waals surface area contributed by atoms with Crippen molar-refractivity contribution in [2.45, 2.75) is 50.6 Å². The number of rotatable bonds is 9. The Bertz CT molecular complexity index is 1540. The summed E-state index contributed by atoms with van der Waals surface area (Å²) in [5.41, 5.74) is 9.18. The summed E-state index contributed by atoms with van der Waals surface area (Å²) < 4.78 is 11.2. The van der Waals surface area contributed by atoms with Crippen LogP contribution >= 0.6 is 0 Å². The highest BCUT2D eigenvalue weighted by Gasteiger charge is 2.45. The van der Waals surface area contributed by atoms with E-state index in [1.54, 1.807) is 19.4 Å². The minimum absolute atomic E-state index is 0.0443. The summed E-state index contributed by atoms with van der Waals surface area (Å²) in [4.78, 5) is 34.6. The van der Waals surface area contributed by atoms with Gasteiger partial charge in [-0.15, -0.1) is 0 Å². The molecule has 1 saturated carbocycles. The molecule has 2 aromatic heterocycles. The van der Waals surface area contributed by atoms with Crippen LogP contribution in [0.2, 0.25) is 0 Å². The number of nitrogens with two attached hydrogens (primary N) is 1. The molecule has 3 saturated heterocycles. The van der Waals surface area contributed by atoms with E-state index >= 15 is 0 Å². The third kappa shape index (κ3) is 6.86. The molecule has 1 amide bonds. The number of aromatic nitrogens is 3. The first-order chi connectivity index (χ1) is 22.9. The van der Waals surface area contributed by atoms with Crippen LogP contribution in [-0.4, -0.2) is 109 Å². The van der Waals surface area contributed by atoms with Crippen molar-refractivity contribution in [3.63, 3.8) is 0 Å². The van der Waals surface area contributed by atoms with Crippen LogP contribution in [0.25, 0.3) is 11.4 Å². The van der Waals surface area contributed by atoms with Gasteiger partial charge in [0, 0.05) is 82.1 Å². The number of pyridine rings is 1. The molecule has 250 valence electrons. The van der Waals surface area contributed by atoms with Crippen LogP contribution in [0.4, 0.5) is 23.0 Å². The quantitative estimate of drug-likeness (QED) is 0.313. The average Bonchev–Trinajstić information content (AvgIpc) is 3.09. The Morgan fingerprint density at radius 3 is 2.36 bits per heavy atom. The first kappa shape index (κ1) is 31.6. The van der Waals surface area contributed by atoms with E-state index in [9.17, 15) is 4.79 Å². The maximum atomic E-state index is 12.8. The van der Waals surface area contributed by atoms with E-state index < -0.39 is 5.91 Å². The fourth-order valence-corrected chi connectivity index (χ4v) is 7.76. The van der Waals surface area contributed by atoms with Crippen molar-refractivity contribution in [3.05, 3.63) is 48.3 Å². The largest absolute Gasteiger partial charge is 0.494 e. The third-order valence-electron chi connectivity index (χ3n) is 10.6. The Morgan fingerprint density at radius 1 is 0.957 bits per heavy atom. The number of hydrogen-bond acceptors (Lipinski definition) is 11. The zero-order valence-corrected chi connectivity index (χ0v) is 27.6. The smallest absolute Gasteiger partial charge is 0.271 e. The van der Waals surface area contributed by atoms with Crippen molar-refractivity contribution in [3.8, 4) is 17.1 Å². The molecule has 1 aliphatic carbocycles. The fourth-order valence-electron chi connectivity index (χ4n) is 7.76. The van der Waals surface area contributed by atoms with E-state index in [1.807, 2.05) is 18.2 Å². The van der Waals surface area contributed by atoms with Crippen molar-refractivity contribution in [1.29, 1.82) is 0 Å². The molecule has 1 spiro atoms. The van der Waals surface area contributed by atoms with Crippen LogP contribution in [-0.2, 0) is 4.74 Å². The topological polar surface area (TPSA) is 134 Å². The molecule has 4 fully saturated rings. The second-order valence-electron chi connectivity index (χ2n) is 13.6. The molecular weight excluding hydrogens is 594 g/mol. The van der Waals surface area contributed by atoms with E-state index in [2.05, 4.69) is 49.5 Å². The summed E-state index contributed by atoms with van der Waals surface area (Å²) in [5, 5.41) is 6.97. The lowest BCUT2D eigenvalue weighted by Crippen LogP contribution is -2.52. The maximum Gasteiger partial charge on any atom is 0.271 e. The molecular formula is C35H47N9O3. The molecule has 1 aromatic carbocycles. The number of hydrogen-bond donors (Lipinski definition) is 3. The lowest BCUT2D eigenvalue weighted by atomic mass is 9.61. The van der Waals surface area contributed by atoms with Crippen LogP contribution in [0, 0.1) is 5.41 Å². The zero-order valence-electron chi connectivity index (χ0n) is 27.6. The predicted molar refractivity (Wildman–Crippen MR) is 183 cm³/mol. The van der Waals surface area contributed by atoms with Crippen molar-refractivity contribution in [2.75, 3.05) is 82.2 Å². The second kappa shape index (κ2) is 13.6. The Kier molecular flexibility index (Phi) is 9.15. The Morgan fingerprint density at radius 2 is 1.68 bits per heavy atom. The van der Waals surface area contributed by atoms with Gasteiger partial charge in [0.25, 0.3) is 5.91 Å². The number of anilines is 4. The molecule has 3 aliphatic heterocycles.